The van der Waals surface area contributed by atoms with Crippen molar-refractivity contribution in [1.29, 1.82) is 0 Å². The summed E-state index contributed by atoms with van der Waals surface area (Å²) in [5, 5.41) is 21.9. The highest BCUT2D eigenvalue weighted by Crippen LogP contribution is 2.28. The first kappa shape index (κ1) is 15.8. The molecule has 0 spiro atoms. The van der Waals surface area contributed by atoms with Crippen molar-refractivity contribution in [3.63, 3.8) is 0 Å². The van der Waals surface area contributed by atoms with Crippen LogP contribution in [-0.2, 0) is 0 Å². The van der Waals surface area contributed by atoms with E-state index in [-0.39, 0.29) is 18.4 Å². The summed E-state index contributed by atoms with van der Waals surface area (Å²) < 4.78 is 5.10. The number of hydrogen-bond donors (Lipinski definition) is 3. The quantitative estimate of drug-likeness (QED) is 0.633. The fourth-order valence-electron chi connectivity index (χ4n) is 1.94. The van der Waals surface area contributed by atoms with Gasteiger partial charge in [-0.2, -0.15) is 0 Å². The second kappa shape index (κ2) is 8.02. The van der Waals surface area contributed by atoms with Crippen LogP contribution in [0.5, 0.6) is 11.5 Å². The van der Waals surface area contributed by atoms with E-state index in [0.29, 0.717) is 11.7 Å². The Kier molecular flexibility index (Phi) is 6.67. The lowest BCUT2D eigenvalue weighted by molar-refractivity contribution is 0.227. The van der Waals surface area contributed by atoms with Gasteiger partial charge in [0.15, 0.2) is 11.5 Å². The van der Waals surface area contributed by atoms with Crippen LogP contribution in [0.4, 0.5) is 0 Å². The fourth-order valence-corrected chi connectivity index (χ4v) is 1.94. The van der Waals surface area contributed by atoms with Gasteiger partial charge in [-0.15, -0.1) is 0 Å². The van der Waals surface area contributed by atoms with E-state index >= 15 is 0 Å². The van der Waals surface area contributed by atoms with Crippen molar-refractivity contribution in [3.8, 4) is 11.5 Å². The molecule has 0 heterocycles. The van der Waals surface area contributed by atoms with Crippen LogP contribution in [-0.4, -0.2) is 30.5 Å². The summed E-state index contributed by atoms with van der Waals surface area (Å²) in [6, 6.07) is 5.61. The largest absolute Gasteiger partial charge is 0.504 e. The van der Waals surface area contributed by atoms with Crippen LogP contribution in [0.15, 0.2) is 18.2 Å². The van der Waals surface area contributed by atoms with Crippen LogP contribution in [0.3, 0.4) is 0 Å². The molecule has 0 aliphatic rings. The van der Waals surface area contributed by atoms with Crippen molar-refractivity contribution in [1.82, 2.24) is 5.32 Å². The minimum atomic E-state index is 0.162. The Labute approximate surface area is 115 Å². The lowest BCUT2D eigenvalue weighted by Crippen LogP contribution is -2.20. The van der Waals surface area contributed by atoms with E-state index in [9.17, 15) is 5.11 Å². The van der Waals surface area contributed by atoms with Crippen molar-refractivity contribution in [2.45, 2.75) is 32.7 Å². The lowest BCUT2D eigenvalue weighted by atomic mass is 10.1. The van der Waals surface area contributed by atoms with Crippen LogP contribution in [0.2, 0.25) is 0 Å². The number of phenolic OH excluding ortho intramolecular Hbond substituents is 1. The molecule has 108 valence electrons. The summed E-state index contributed by atoms with van der Waals surface area (Å²) in [5.74, 6) is 1.03. The zero-order valence-corrected chi connectivity index (χ0v) is 12.0. The molecule has 3 N–H and O–H groups in total. The van der Waals surface area contributed by atoms with Gasteiger partial charge < -0.3 is 20.3 Å². The molecule has 1 aromatic carbocycles. The van der Waals surface area contributed by atoms with E-state index in [2.05, 4.69) is 12.2 Å². The summed E-state index contributed by atoms with van der Waals surface area (Å²) in [7, 11) is 1.55. The average Bonchev–Trinajstić information content (AvgIpc) is 2.43. The SMILES string of the molecule is COc1cc(C(C)NCCCC(C)CO)ccc1O. The first-order chi connectivity index (χ1) is 9.08. The number of aliphatic hydroxyl groups excluding tert-OH is 1. The van der Waals surface area contributed by atoms with Gasteiger partial charge >= 0.3 is 0 Å². The van der Waals surface area contributed by atoms with Crippen LogP contribution in [0.25, 0.3) is 0 Å². The normalized spacial score (nSPS) is 14.1. The molecule has 0 radical (unpaired) electrons. The Morgan fingerprint density at radius 2 is 2.05 bits per heavy atom. The summed E-state index contributed by atoms with van der Waals surface area (Å²) >= 11 is 0. The summed E-state index contributed by atoms with van der Waals surface area (Å²) in [6.45, 7) is 5.30. The van der Waals surface area contributed by atoms with E-state index in [0.717, 1.165) is 24.9 Å². The lowest BCUT2D eigenvalue weighted by Gasteiger charge is -2.16. The van der Waals surface area contributed by atoms with Crippen molar-refractivity contribution in [2.24, 2.45) is 5.92 Å². The van der Waals surface area contributed by atoms with E-state index < -0.39 is 0 Å². The number of hydrogen-bond acceptors (Lipinski definition) is 4. The number of rotatable bonds is 8. The van der Waals surface area contributed by atoms with Gasteiger partial charge in [-0.25, -0.2) is 0 Å². The predicted molar refractivity (Wildman–Crippen MR) is 76.6 cm³/mol. The average molecular weight is 267 g/mol. The number of ether oxygens (including phenoxy) is 1. The van der Waals surface area contributed by atoms with Gasteiger partial charge in [0.2, 0.25) is 0 Å². The summed E-state index contributed by atoms with van der Waals surface area (Å²) in [5.41, 5.74) is 1.09. The number of aliphatic hydroxyl groups is 1. The molecule has 1 rings (SSSR count). The monoisotopic (exact) mass is 267 g/mol. The fraction of sp³-hybridized carbons (Fsp3) is 0.600. The molecule has 1 aromatic rings. The third-order valence-corrected chi connectivity index (χ3v) is 3.34. The maximum Gasteiger partial charge on any atom is 0.160 e. The zero-order chi connectivity index (χ0) is 14.3. The highest BCUT2D eigenvalue weighted by molar-refractivity contribution is 5.42. The Bertz CT molecular complexity index is 382. The van der Waals surface area contributed by atoms with Crippen molar-refractivity contribution in [3.05, 3.63) is 23.8 Å². The minimum Gasteiger partial charge on any atom is -0.504 e. The second-order valence-electron chi connectivity index (χ2n) is 5.04. The Morgan fingerprint density at radius 1 is 1.32 bits per heavy atom. The van der Waals surface area contributed by atoms with Gasteiger partial charge in [-0.05, 0) is 49.9 Å². The molecule has 2 atom stereocenters. The summed E-state index contributed by atoms with van der Waals surface area (Å²) in [4.78, 5) is 0. The van der Waals surface area contributed by atoms with Crippen molar-refractivity contribution in [2.75, 3.05) is 20.3 Å². The Morgan fingerprint density at radius 3 is 2.68 bits per heavy atom. The first-order valence-corrected chi connectivity index (χ1v) is 6.79. The molecule has 0 amide bonds. The van der Waals surface area contributed by atoms with Gasteiger partial charge in [0.05, 0.1) is 7.11 Å². The van der Waals surface area contributed by atoms with E-state index in [1.165, 1.54) is 0 Å². The third-order valence-electron chi connectivity index (χ3n) is 3.34. The van der Waals surface area contributed by atoms with Gasteiger partial charge in [-0.3, -0.25) is 0 Å². The number of phenols is 1. The Balaban J connectivity index is 2.43. The molecular weight excluding hydrogens is 242 g/mol. The van der Waals surface area contributed by atoms with Crippen LogP contribution in [0, 0.1) is 5.92 Å². The zero-order valence-electron chi connectivity index (χ0n) is 12.0. The summed E-state index contributed by atoms with van der Waals surface area (Å²) in [6.07, 6.45) is 2.07. The molecule has 0 fully saturated rings. The Hall–Kier alpha value is -1.26. The number of aromatic hydroxyl groups is 1. The molecule has 0 saturated carbocycles. The van der Waals surface area contributed by atoms with Gasteiger partial charge in [0, 0.05) is 12.6 Å². The topological polar surface area (TPSA) is 61.7 Å². The number of methoxy groups -OCH3 is 1. The van der Waals surface area contributed by atoms with E-state index in [1.54, 1.807) is 13.2 Å². The predicted octanol–water partition coefficient (Wildman–Crippen LogP) is 2.46. The standard InChI is InChI=1S/C15H25NO3/c1-11(10-17)5-4-8-16-12(2)13-6-7-14(18)15(9-13)19-3/h6-7,9,11-12,16-18H,4-5,8,10H2,1-3H3. The molecule has 0 saturated heterocycles. The van der Waals surface area contributed by atoms with Gasteiger partial charge in [0.1, 0.15) is 0 Å². The molecule has 2 unspecified atom stereocenters. The van der Waals surface area contributed by atoms with Crippen LogP contribution >= 0.6 is 0 Å². The molecule has 4 nitrogen and oxygen atoms in total. The minimum absolute atomic E-state index is 0.162. The smallest absolute Gasteiger partial charge is 0.160 e. The highest BCUT2D eigenvalue weighted by atomic mass is 16.5. The van der Waals surface area contributed by atoms with Crippen molar-refractivity contribution < 1.29 is 14.9 Å². The first-order valence-electron chi connectivity index (χ1n) is 6.79. The van der Waals surface area contributed by atoms with Crippen LogP contribution in [0.1, 0.15) is 38.3 Å². The molecular formula is C15H25NO3. The third kappa shape index (κ3) is 5.09. The van der Waals surface area contributed by atoms with Gasteiger partial charge in [0.25, 0.3) is 0 Å². The molecule has 4 heteroatoms. The highest BCUT2D eigenvalue weighted by Gasteiger charge is 2.09. The molecule has 0 aliphatic carbocycles. The van der Waals surface area contributed by atoms with E-state index in [1.807, 2.05) is 19.1 Å². The molecule has 0 bridgehead atoms. The maximum atomic E-state index is 9.55. The van der Waals surface area contributed by atoms with E-state index in [4.69, 9.17) is 9.84 Å². The molecule has 19 heavy (non-hydrogen) atoms. The van der Waals surface area contributed by atoms with Gasteiger partial charge in [-0.1, -0.05) is 13.0 Å². The molecule has 0 aliphatic heterocycles. The van der Waals surface area contributed by atoms with Crippen LogP contribution < -0.4 is 10.1 Å². The maximum absolute atomic E-state index is 9.55. The molecule has 0 aromatic heterocycles. The number of benzene rings is 1. The number of nitrogens with one attached hydrogen (secondary N) is 1. The second-order valence-corrected chi connectivity index (χ2v) is 5.04. The van der Waals surface area contributed by atoms with Crippen molar-refractivity contribution >= 4 is 0 Å².